The lowest BCUT2D eigenvalue weighted by Crippen LogP contribution is -2.39. The van der Waals surface area contributed by atoms with Crippen LogP contribution in [0.1, 0.15) is 57.3 Å². The van der Waals surface area contributed by atoms with Crippen LogP contribution in [0.3, 0.4) is 0 Å². The molecule has 1 aromatic carbocycles. The topological polar surface area (TPSA) is 75.3 Å². The van der Waals surface area contributed by atoms with Crippen LogP contribution >= 0.6 is 0 Å². The van der Waals surface area contributed by atoms with E-state index in [4.69, 9.17) is 0 Å². The van der Waals surface area contributed by atoms with Crippen LogP contribution in [0.15, 0.2) is 24.3 Å². The minimum atomic E-state index is -3.24. The second kappa shape index (κ2) is 8.45. The lowest BCUT2D eigenvalue weighted by atomic mass is 10.1. The fourth-order valence-corrected chi connectivity index (χ4v) is 2.78. The van der Waals surface area contributed by atoms with Crippen molar-refractivity contribution in [1.82, 2.24) is 4.72 Å². The van der Waals surface area contributed by atoms with Gasteiger partial charge in [0, 0.05) is 24.3 Å². The van der Waals surface area contributed by atoms with Gasteiger partial charge in [-0.2, -0.15) is 0 Å². The molecule has 0 aliphatic rings. The summed E-state index contributed by atoms with van der Waals surface area (Å²) in [6.07, 6.45) is 2.69. The van der Waals surface area contributed by atoms with Crippen LogP contribution in [0.25, 0.3) is 0 Å². The highest BCUT2D eigenvalue weighted by Crippen LogP contribution is 2.13. The summed E-state index contributed by atoms with van der Waals surface area (Å²) in [6, 6.07) is 7.44. The molecule has 2 N–H and O–H groups in total. The van der Waals surface area contributed by atoms with Crippen molar-refractivity contribution < 1.29 is 13.2 Å². The molecule has 0 radical (unpaired) electrons. The van der Waals surface area contributed by atoms with Crippen LogP contribution in [0.4, 0.5) is 5.69 Å². The summed E-state index contributed by atoms with van der Waals surface area (Å²) in [5, 5.41) is 3.28. The van der Waals surface area contributed by atoms with Gasteiger partial charge in [0.05, 0.1) is 4.75 Å². The Morgan fingerprint density at radius 3 is 2.35 bits per heavy atom. The second-order valence-corrected chi connectivity index (χ2v) is 9.15. The molecule has 0 fully saturated rings. The van der Waals surface area contributed by atoms with E-state index >= 15 is 0 Å². The molecule has 0 saturated heterocycles. The van der Waals surface area contributed by atoms with Crippen molar-refractivity contribution in [3.05, 3.63) is 29.8 Å². The van der Waals surface area contributed by atoms with Gasteiger partial charge in [-0.05, 0) is 52.7 Å². The number of sulfonamides is 1. The first-order valence-electron chi connectivity index (χ1n) is 7.97. The smallest absolute Gasteiger partial charge is 0.216 e. The highest BCUT2D eigenvalue weighted by molar-refractivity contribution is 7.90. The SMILES string of the molecule is CC(=O)c1cccc(NCCCCCNS(=O)(=O)C(C)(C)C)c1. The van der Waals surface area contributed by atoms with Crippen molar-refractivity contribution in [2.45, 2.75) is 51.7 Å². The molecule has 0 atom stereocenters. The number of ketones is 1. The van der Waals surface area contributed by atoms with Gasteiger partial charge in [0.1, 0.15) is 0 Å². The van der Waals surface area contributed by atoms with Gasteiger partial charge >= 0.3 is 0 Å². The molecule has 1 aromatic rings. The van der Waals surface area contributed by atoms with Gasteiger partial charge < -0.3 is 5.32 Å². The molecule has 0 heterocycles. The summed E-state index contributed by atoms with van der Waals surface area (Å²) in [4.78, 5) is 11.3. The third kappa shape index (κ3) is 6.71. The summed E-state index contributed by atoms with van der Waals surface area (Å²) >= 11 is 0. The predicted molar refractivity (Wildman–Crippen MR) is 95.5 cm³/mol. The first-order chi connectivity index (χ1) is 10.6. The Kier molecular flexibility index (Phi) is 7.22. The van der Waals surface area contributed by atoms with E-state index in [1.807, 2.05) is 18.2 Å². The Morgan fingerprint density at radius 2 is 1.74 bits per heavy atom. The summed E-state index contributed by atoms with van der Waals surface area (Å²) in [7, 11) is -3.24. The summed E-state index contributed by atoms with van der Waals surface area (Å²) in [5.41, 5.74) is 1.64. The number of hydrogen-bond acceptors (Lipinski definition) is 4. The van der Waals surface area contributed by atoms with Crippen LogP contribution in [0, 0.1) is 0 Å². The molecule has 6 heteroatoms. The number of unbranched alkanes of at least 4 members (excludes halogenated alkanes) is 2. The predicted octanol–water partition coefficient (Wildman–Crippen LogP) is 3.19. The Labute approximate surface area is 139 Å². The summed E-state index contributed by atoms with van der Waals surface area (Å²) in [6.45, 7) is 7.89. The Morgan fingerprint density at radius 1 is 1.09 bits per heavy atom. The molecular weight excluding hydrogens is 312 g/mol. The Balaban J connectivity index is 2.22. The van der Waals surface area contributed by atoms with E-state index in [1.54, 1.807) is 33.8 Å². The minimum absolute atomic E-state index is 0.0554. The molecule has 0 saturated carbocycles. The van der Waals surface area contributed by atoms with Gasteiger partial charge in [0.25, 0.3) is 0 Å². The standard InChI is InChI=1S/C17H28N2O3S/c1-14(20)15-9-8-10-16(13-15)18-11-6-5-7-12-19-23(21,22)17(2,3)4/h8-10,13,18-19H,5-7,11-12H2,1-4H3. The maximum absolute atomic E-state index is 11.9. The van der Waals surface area contributed by atoms with E-state index in [0.717, 1.165) is 31.5 Å². The Bertz CT molecular complexity index is 619. The van der Waals surface area contributed by atoms with Gasteiger partial charge in [0.15, 0.2) is 5.78 Å². The quantitative estimate of drug-likeness (QED) is 0.535. The fraction of sp³-hybridized carbons (Fsp3) is 0.588. The molecular formula is C17H28N2O3S. The lowest BCUT2D eigenvalue weighted by molar-refractivity contribution is 0.101. The number of nitrogens with one attached hydrogen (secondary N) is 2. The highest BCUT2D eigenvalue weighted by atomic mass is 32.2. The van der Waals surface area contributed by atoms with E-state index in [-0.39, 0.29) is 5.78 Å². The molecule has 23 heavy (non-hydrogen) atoms. The van der Waals surface area contributed by atoms with Gasteiger partial charge in [-0.15, -0.1) is 0 Å². The minimum Gasteiger partial charge on any atom is -0.385 e. The molecule has 0 bridgehead atoms. The number of Topliss-reactive ketones (excluding diaryl/α,β-unsaturated/α-hetero) is 1. The van der Waals surface area contributed by atoms with Crippen LogP contribution in [-0.2, 0) is 10.0 Å². The van der Waals surface area contributed by atoms with Crippen molar-refractivity contribution in [1.29, 1.82) is 0 Å². The molecule has 5 nitrogen and oxygen atoms in total. The van der Waals surface area contributed by atoms with Crippen molar-refractivity contribution in [2.75, 3.05) is 18.4 Å². The number of hydrogen-bond donors (Lipinski definition) is 2. The van der Waals surface area contributed by atoms with Crippen LogP contribution in [0.5, 0.6) is 0 Å². The molecule has 0 unspecified atom stereocenters. The average molecular weight is 340 g/mol. The largest absolute Gasteiger partial charge is 0.385 e. The molecule has 0 amide bonds. The van der Waals surface area contributed by atoms with E-state index in [0.29, 0.717) is 12.1 Å². The van der Waals surface area contributed by atoms with E-state index in [2.05, 4.69) is 10.0 Å². The average Bonchev–Trinajstić information content (AvgIpc) is 2.45. The molecule has 0 aromatic heterocycles. The van der Waals surface area contributed by atoms with E-state index in [1.165, 1.54) is 0 Å². The first-order valence-corrected chi connectivity index (χ1v) is 9.46. The van der Waals surface area contributed by atoms with Crippen molar-refractivity contribution >= 4 is 21.5 Å². The van der Waals surface area contributed by atoms with Crippen LogP contribution < -0.4 is 10.0 Å². The molecule has 0 spiro atoms. The summed E-state index contributed by atoms with van der Waals surface area (Å²) in [5.74, 6) is 0.0554. The number of rotatable bonds is 9. The van der Waals surface area contributed by atoms with Gasteiger partial charge in [-0.3, -0.25) is 4.79 Å². The van der Waals surface area contributed by atoms with Gasteiger partial charge in [0.2, 0.25) is 10.0 Å². The van der Waals surface area contributed by atoms with E-state index < -0.39 is 14.8 Å². The number of anilines is 1. The Hall–Kier alpha value is -1.40. The zero-order chi connectivity index (χ0) is 17.5. The third-order valence-electron chi connectivity index (χ3n) is 3.55. The van der Waals surface area contributed by atoms with Crippen molar-refractivity contribution in [3.8, 4) is 0 Å². The maximum Gasteiger partial charge on any atom is 0.216 e. The molecule has 0 aliphatic carbocycles. The number of carbonyl (C=O) groups is 1. The van der Waals surface area contributed by atoms with E-state index in [9.17, 15) is 13.2 Å². The highest BCUT2D eigenvalue weighted by Gasteiger charge is 2.27. The lowest BCUT2D eigenvalue weighted by Gasteiger charge is -2.19. The fourth-order valence-electron chi connectivity index (χ4n) is 1.93. The summed E-state index contributed by atoms with van der Waals surface area (Å²) < 4.78 is 25.6. The van der Waals surface area contributed by atoms with Crippen molar-refractivity contribution in [3.63, 3.8) is 0 Å². The number of carbonyl (C=O) groups excluding carboxylic acids is 1. The van der Waals surface area contributed by atoms with Crippen molar-refractivity contribution in [2.24, 2.45) is 0 Å². The zero-order valence-electron chi connectivity index (χ0n) is 14.5. The van der Waals surface area contributed by atoms with Gasteiger partial charge in [-0.1, -0.05) is 18.6 Å². The molecule has 0 aliphatic heterocycles. The second-order valence-electron chi connectivity index (χ2n) is 6.63. The molecule has 130 valence electrons. The van der Waals surface area contributed by atoms with Crippen LogP contribution in [-0.4, -0.2) is 32.0 Å². The molecule has 1 rings (SSSR count). The normalized spacial score (nSPS) is 12.2. The maximum atomic E-state index is 11.9. The first kappa shape index (κ1) is 19.6. The van der Waals surface area contributed by atoms with Gasteiger partial charge in [-0.25, -0.2) is 13.1 Å². The number of benzene rings is 1. The zero-order valence-corrected chi connectivity index (χ0v) is 15.3. The van der Waals surface area contributed by atoms with Crippen LogP contribution in [0.2, 0.25) is 0 Å². The monoisotopic (exact) mass is 340 g/mol. The third-order valence-corrected chi connectivity index (χ3v) is 5.75.